The second kappa shape index (κ2) is 7.07. The van der Waals surface area contributed by atoms with Crippen LogP contribution in [0.4, 0.5) is 0 Å². The van der Waals surface area contributed by atoms with Crippen LogP contribution in [0.1, 0.15) is 24.6 Å². The lowest BCUT2D eigenvalue weighted by Gasteiger charge is -2.35. The van der Waals surface area contributed by atoms with Crippen molar-refractivity contribution in [3.05, 3.63) is 20.8 Å². The Labute approximate surface area is 133 Å². The van der Waals surface area contributed by atoms with Crippen LogP contribution in [0.25, 0.3) is 0 Å². The van der Waals surface area contributed by atoms with Gasteiger partial charge in [0.1, 0.15) is 0 Å². The molecule has 0 spiro atoms. The summed E-state index contributed by atoms with van der Waals surface area (Å²) in [5.41, 5.74) is -0.235. The van der Waals surface area contributed by atoms with E-state index in [1.807, 2.05) is 11.9 Å². The molecule has 0 bridgehead atoms. The monoisotopic (exact) mass is 366 g/mol. The van der Waals surface area contributed by atoms with Crippen molar-refractivity contribution in [3.8, 4) is 0 Å². The molecule has 1 saturated heterocycles. The summed E-state index contributed by atoms with van der Waals surface area (Å²) in [4.78, 5) is 15.6. The Kier molecular flexibility index (Phi) is 6.30. The summed E-state index contributed by atoms with van der Waals surface area (Å²) in [6.07, 6.45) is 2.07. The number of amides is 1. The van der Waals surface area contributed by atoms with Gasteiger partial charge in [0, 0.05) is 28.3 Å². The van der Waals surface area contributed by atoms with Crippen molar-refractivity contribution < 1.29 is 4.79 Å². The first-order valence-electron chi connectivity index (χ1n) is 6.20. The highest BCUT2D eigenvalue weighted by atomic mass is 79.9. The molecule has 1 amide bonds. The fraction of sp³-hybridized carbons (Fsp3) is 0.615. The van der Waals surface area contributed by atoms with E-state index in [0.717, 1.165) is 30.4 Å². The summed E-state index contributed by atoms with van der Waals surface area (Å²) in [5, 5.41) is 5.38. The summed E-state index contributed by atoms with van der Waals surface area (Å²) in [5.74, 6) is 0.249. The van der Waals surface area contributed by atoms with Crippen LogP contribution in [0, 0.1) is 5.41 Å². The van der Waals surface area contributed by atoms with Gasteiger partial charge >= 0.3 is 0 Å². The molecule has 3 nitrogen and oxygen atoms in total. The molecule has 1 aliphatic heterocycles. The van der Waals surface area contributed by atoms with Gasteiger partial charge in [-0.3, -0.25) is 4.79 Å². The Morgan fingerprint density at radius 3 is 2.89 bits per heavy atom. The van der Waals surface area contributed by atoms with Gasteiger partial charge in [-0.25, -0.2) is 0 Å². The quantitative estimate of drug-likeness (QED) is 0.889. The first-order valence-corrected chi connectivity index (χ1v) is 7.88. The Hall–Kier alpha value is -0.100. The topological polar surface area (TPSA) is 32.3 Å². The number of piperidine rings is 1. The van der Waals surface area contributed by atoms with Crippen molar-refractivity contribution in [3.63, 3.8) is 0 Å². The van der Waals surface area contributed by atoms with Gasteiger partial charge in [0.15, 0.2) is 0 Å². The highest BCUT2D eigenvalue weighted by Gasteiger charge is 2.36. The maximum atomic E-state index is 12.5. The number of carbonyl (C=O) groups is 1. The Bertz CT molecular complexity index is 432. The molecule has 0 aliphatic carbocycles. The van der Waals surface area contributed by atoms with Crippen LogP contribution in [0.3, 0.4) is 0 Å². The minimum atomic E-state index is -0.235. The average Bonchev–Trinajstić information content (AvgIpc) is 2.74. The van der Waals surface area contributed by atoms with Crippen LogP contribution < -0.4 is 5.32 Å². The van der Waals surface area contributed by atoms with E-state index in [0.29, 0.717) is 6.54 Å². The van der Waals surface area contributed by atoms with E-state index in [1.54, 1.807) is 11.3 Å². The zero-order chi connectivity index (χ0) is 13.2. The third kappa shape index (κ3) is 4.18. The summed E-state index contributed by atoms with van der Waals surface area (Å²) >= 11 is 5.13. The highest BCUT2D eigenvalue weighted by Crippen LogP contribution is 2.29. The van der Waals surface area contributed by atoms with Crippen LogP contribution in [-0.4, -0.2) is 30.9 Å². The summed E-state index contributed by atoms with van der Waals surface area (Å²) in [6.45, 7) is 4.60. The van der Waals surface area contributed by atoms with Gasteiger partial charge in [-0.05, 0) is 48.3 Å². The second-order valence-corrected chi connectivity index (χ2v) is 7.14. The standard InChI is InChI=1S/C13H19BrN2OS.ClH/c1-13(4-3-5-15-9-13)12(17)16(2)7-11-6-10(14)8-18-11;/h6,8,15H,3-5,7,9H2,1-2H3;1H. The van der Waals surface area contributed by atoms with E-state index < -0.39 is 0 Å². The van der Waals surface area contributed by atoms with Gasteiger partial charge in [-0.15, -0.1) is 23.7 Å². The lowest BCUT2D eigenvalue weighted by Crippen LogP contribution is -2.48. The Morgan fingerprint density at radius 1 is 1.63 bits per heavy atom. The molecule has 1 N–H and O–H groups in total. The predicted octanol–water partition coefficient (Wildman–Crippen LogP) is 3.28. The minimum absolute atomic E-state index is 0. The number of nitrogens with zero attached hydrogens (tertiary/aromatic N) is 1. The second-order valence-electron chi connectivity index (χ2n) is 5.23. The van der Waals surface area contributed by atoms with Gasteiger partial charge in [0.05, 0.1) is 12.0 Å². The molecule has 0 radical (unpaired) electrons. The lowest BCUT2D eigenvalue weighted by atomic mass is 9.81. The molecule has 1 unspecified atom stereocenters. The van der Waals surface area contributed by atoms with E-state index in [4.69, 9.17) is 0 Å². The zero-order valence-electron chi connectivity index (χ0n) is 11.2. The maximum absolute atomic E-state index is 12.5. The first-order chi connectivity index (χ1) is 8.51. The molecule has 1 aromatic rings. The number of nitrogens with one attached hydrogen (secondary N) is 1. The Balaban J connectivity index is 0.00000180. The predicted molar refractivity (Wildman–Crippen MR) is 86.0 cm³/mol. The number of thiophene rings is 1. The molecule has 2 heterocycles. The molecule has 19 heavy (non-hydrogen) atoms. The number of hydrogen-bond donors (Lipinski definition) is 1. The summed E-state index contributed by atoms with van der Waals surface area (Å²) < 4.78 is 1.09. The summed E-state index contributed by atoms with van der Waals surface area (Å²) in [7, 11) is 1.90. The fourth-order valence-electron chi connectivity index (χ4n) is 2.44. The molecule has 0 aromatic carbocycles. The third-order valence-electron chi connectivity index (χ3n) is 3.48. The van der Waals surface area contributed by atoms with E-state index >= 15 is 0 Å². The molecule has 1 aliphatic rings. The SMILES string of the molecule is CN(Cc1cc(Br)cs1)C(=O)C1(C)CCCNC1.Cl. The van der Waals surface area contributed by atoms with Gasteiger partial charge in [-0.1, -0.05) is 0 Å². The highest BCUT2D eigenvalue weighted by molar-refractivity contribution is 9.10. The Morgan fingerprint density at radius 2 is 2.37 bits per heavy atom. The van der Waals surface area contributed by atoms with Gasteiger partial charge < -0.3 is 10.2 Å². The van der Waals surface area contributed by atoms with Crippen molar-refractivity contribution in [2.45, 2.75) is 26.3 Å². The summed E-state index contributed by atoms with van der Waals surface area (Å²) in [6, 6.07) is 2.08. The minimum Gasteiger partial charge on any atom is -0.340 e. The van der Waals surface area contributed by atoms with Crippen LogP contribution >= 0.6 is 39.7 Å². The van der Waals surface area contributed by atoms with Crippen molar-refractivity contribution in [1.82, 2.24) is 10.2 Å². The molecule has 1 aromatic heterocycles. The molecule has 0 saturated carbocycles. The number of halogens is 2. The van der Waals surface area contributed by atoms with Crippen molar-refractivity contribution in [1.29, 1.82) is 0 Å². The number of rotatable bonds is 3. The molecule has 108 valence electrons. The smallest absolute Gasteiger partial charge is 0.229 e. The maximum Gasteiger partial charge on any atom is 0.229 e. The third-order valence-corrected chi connectivity index (χ3v) is 5.16. The molecule has 6 heteroatoms. The van der Waals surface area contributed by atoms with Crippen molar-refractivity contribution >= 4 is 45.6 Å². The van der Waals surface area contributed by atoms with Crippen molar-refractivity contribution in [2.75, 3.05) is 20.1 Å². The lowest BCUT2D eigenvalue weighted by molar-refractivity contribution is -0.141. The van der Waals surface area contributed by atoms with Crippen molar-refractivity contribution in [2.24, 2.45) is 5.41 Å². The average molecular weight is 368 g/mol. The van der Waals surface area contributed by atoms with Gasteiger partial charge in [0.25, 0.3) is 0 Å². The van der Waals surface area contributed by atoms with Crippen LogP contribution in [-0.2, 0) is 11.3 Å². The van der Waals surface area contributed by atoms with Crippen LogP contribution in [0.15, 0.2) is 15.9 Å². The van der Waals surface area contributed by atoms with E-state index in [2.05, 4.69) is 39.6 Å². The van der Waals surface area contributed by atoms with E-state index in [-0.39, 0.29) is 23.7 Å². The first kappa shape index (κ1) is 17.0. The van der Waals surface area contributed by atoms with E-state index in [1.165, 1.54) is 4.88 Å². The number of hydrogen-bond acceptors (Lipinski definition) is 3. The zero-order valence-corrected chi connectivity index (χ0v) is 14.5. The largest absolute Gasteiger partial charge is 0.340 e. The van der Waals surface area contributed by atoms with Crippen LogP contribution in [0.5, 0.6) is 0 Å². The number of carbonyl (C=O) groups excluding carboxylic acids is 1. The molecular weight excluding hydrogens is 348 g/mol. The van der Waals surface area contributed by atoms with E-state index in [9.17, 15) is 4.79 Å². The fourth-order valence-corrected chi connectivity index (χ4v) is 3.95. The molecule has 1 fully saturated rings. The van der Waals surface area contributed by atoms with Crippen LogP contribution in [0.2, 0.25) is 0 Å². The molecular formula is C13H20BrClN2OS. The molecule has 2 rings (SSSR count). The van der Waals surface area contributed by atoms with Gasteiger partial charge in [0.2, 0.25) is 5.91 Å². The van der Waals surface area contributed by atoms with Gasteiger partial charge in [-0.2, -0.15) is 0 Å². The normalized spacial score (nSPS) is 22.7. The molecule has 1 atom stereocenters.